The summed E-state index contributed by atoms with van der Waals surface area (Å²) >= 11 is 7.02. The number of nitrogens with zero attached hydrogens (tertiary/aromatic N) is 2. The summed E-state index contributed by atoms with van der Waals surface area (Å²) in [5.41, 5.74) is 5.19. The van der Waals surface area contributed by atoms with Crippen molar-refractivity contribution in [3.63, 3.8) is 0 Å². The topological polar surface area (TPSA) is 42.3 Å². The molecule has 33 heavy (non-hydrogen) atoms. The summed E-state index contributed by atoms with van der Waals surface area (Å²) in [4.78, 5) is 27.4. The molecule has 0 radical (unpaired) electrons. The van der Waals surface area contributed by atoms with Crippen molar-refractivity contribution in [3.05, 3.63) is 111 Å². The maximum atomic E-state index is 13.1. The molecule has 1 saturated heterocycles. The lowest BCUT2D eigenvalue weighted by Crippen LogP contribution is -2.27. The molecule has 1 aromatic heterocycles. The van der Waals surface area contributed by atoms with Crippen LogP contribution in [0, 0.1) is 6.92 Å². The molecule has 4 nitrogen and oxygen atoms in total. The molecule has 3 aromatic carbocycles. The Kier molecular flexibility index (Phi) is 5.83. The summed E-state index contributed by atoms with van der Waals surface area (Å²) in [5, 5.41) is 1.51. The molecule has 0 atom stereocenters. The average molecular weight is 473 g/mol. The molecular weight excluding hydrogens is 452 g/mol. The highest BCUT2D eigenvalue weighted by Gasteiger charge is 2.35. The number of thioether (sulfide) groups is 1. The third-order valence-corrected chi connectivity index (χ3v) is 6.87. The number of hydrogen-bond acceptors (Lipinski definition) is 3. The Morgan fingerprint density at radius 2 is 1.55 bits per heavy atom. The zero-order valence-electron chi connectivity index (χ0n) is 18.0. The number of amides is 2. The molecule has 0 unspecified atom stereocenters. The number of imide groups is 1. The van der Waals surface area contributed by atoms with Crippen LogP contribution in [0.15, 0.2) is 83.9 Å². The highest BCUT2D eigenvalue weighted by molar-refractivity contribution is 8.18. The van der Waals surface area contributed by atoms with Crippen LogP contribution in [0.3, 0.4) is 0 Å². The van der Waals surface area contributed by atoms with Gasteiger partial charge < -0.3 is 4.57 Å². The van der Waals surface area contributed by atoms with Crippen molar-refractivity contribution in [1.29, 1.82) is 0 Å². The fourth-order valence-corrected chi connectivity index (χ4v) is 4.92. The van der Waals surface area contributed by atoms with Gasteiger partial charge in [0.25, 0.3) is 11.1 Å². The van der Waals surface area contributed by atoms with Crippen LogP contribution in [0.5, 0.6) is 0 Å². The number of aromatic nitrogens is 1. The van der Waals surface area contributed by atoms with Crippen LogP contribution >= 0.6 is 23.4 Å². The zero-order valence-corrected chi connectivity index (χ0v) is 19.6. The van der Waals surface area contributed by atoms with Crippen molar-refractivity contribution in [2.24, 2.45) is 0 Å². The van der Waals surface area contributed by atoms with Crippen molar-refractivity contribution in [3.8, 4) is 0 Å². The second-order valence-electron chi connectivity index (χ2n) is 8.11. The van der Waals surface area contributed by atoms with Gasteiger partial charge in [0.15, 0.2) is 0 Å². The third kappa shape index (κ3) is 4.47. The van der Waals surface area contributed by atoms with E-state index in [9.17, 15) is 9.59 Å². The van der Waals surface area contributed by atoms with E-state index in [1.54, 1.807) is 0 Å². The Morgan fingerprint density at radius 3 is 2.30 bits per heavy atom. The third-order valence-electron chi connectivity index (χ3n) is 5.71. The molecule has 0 spiro atoms. The van der Waals surface area contributed by atoms with Crippen molar-refractivity contribution in [2.75, 3.05) is 0 Å². The second-order valence-corrected chi connectivity index (χ2v) is 9.54. The van der Waals surface area contributed by atoms with Crippen LogP contribution in [0.4, 0.5) is 4.79 Å². The lowest BCUT2D eigenvalue weighted by molar-refractivity contribution is -0.123. The number of carbonyl (C=O) groups excluding carboxylic acids is 2. The number of carbonyl (C=O) groups is 2. The van der Waals surface area contributed by atoms with Gasteiger partial charge in [0.1, 0.15) is 0 Å². The number of para-hydroxylation sites is 1. The Hall–Kier alpha value is -3.28. The lowest BCUT2D eigenvalue weighted by atomic mass is 10.1. The van der Waals surface area contributed by atoms with E-state index in [0.717, 1.165) is 44.9 Å². The second kappa shape index (κ2) is 8.93. The monoisotopic (exact) mass is 472 g/mol. The lowest BCUT2D eigenvalue weighted by Gasteiger charge is -2.12. The summed E-state index contributed by atoms with van der Waals surface area (Å²) in [6.07, 6.45) is 3.87. The zero-order chi connectivity index (χ0) is 22.9. The van der Waals surface area contributed by atoms with Crippen molar-refractivity contribution < 1.29 is 9.59 Å². The first-order valence-electron chi connectivity index (χ1n) is 10.6. The highest BCUT2D eigenvalue weighted by Crippen LogP contribution is 2.35. The van der Waals surface area contributed by atoms with Gasteiger partial charge in [-0.15, -0.1) is 0 Å². The molecule has 1 fully saturated rings. The molecule has 2 amide bonds. The molecule has 1 aliphatic heterocycles. The number of aryl methyl sites for hydroxylation is 1. The highest BCUT2D eigenvalue weighted by atomic mass is 35.5. The predicted molar refractivity (Wildman–Crippen MR) is 135 cm³/mol. The number of benzene rings is 3. The number of hydrogen-bond donors (Lipinski definition) is 0. The normalized spacial score (nSPS) is 15.2. The molecule has 0 saturated carbocycles. The van der Waals surface area contributed by atoms with Crippen LogP contribution < -0.4 is 0 Å². The molecule has 2 heterocycles. The van der Waals surface area contributed by atoms with Gasteiger partial charge >= 0.3 is 0 Å². The minimum Gasteiger partial charge on any atom is -0.342 e. The maximum absolute atomic E-state index is 13.1. The number of fused-ring (bicyclic) bond motifs is 1. The van der Waals surface area contributed by atoms with Crippen LogP contribution in [0.25, 0.3) is 17.0 Å². The Bertz CT molecular complexity index is 1390. The van der Waals surface area contributed by atoms with Gasteiger partial charge in [0.2, 0.25) is 0 Å². The fraction of sp³-hybridized carbons (Fsp3) is 0.111. The molecule has 0 N–H and O–H groups in total. The Labute approximate surface area is 201 Å². The minimum atomic E-state index is -0.250. The minimum absolute atomic E-state index is 0.239. The van der Waals surface area contributed by atoms with Crippen molar-refractivity contribution >= 4 is 51.5 Å². The average Bonchev–Trinajstić information content (AvgIpc) is 3.29. The van der Waals surface area contributed by atoms with Crippen LogP contribution in [0.2, 0.25) is 5.02 Å². The first-order valence-corrected chi connectivity index (χ1v) is 11.8. The van der Waals surface area contributed by atoms with E-state index in [0.29, 0.717) is 16.5 Å². The summed E-state index contributed by atoms with van der Waals surface area (Å²) in [6.45, 7) is 2.97. The standard InChI is InChI=1S/C27H21ClN2O2S/c1-18-6-8-20(9-7-18)16-30-26(31)25(33-27(30)32)14-21-17-29(24-5-3-2-4-23(21)24)15-19-10-12-22(28)13-11-19/h2-14,17H,15-16H2,1H3/b25-14-. The van der Waals surface area contributed by atoms with E-state index in [1.807, 2.05) is 85.9 Å². The Morgan fingerprint density at radius 1 is 0.879 bits per heavy atom. The van der Waals surface area contributed by atoms with Crippen molar-refractivity contribution in [1.82, 2.24) is 9.47 Å². The molecule has 4 aromatic rings. The van der Waals surface area contributed by atoms with Gasteiger partial charge in [0, 0.05) is 34.2 Å². The molecule has 6 heteroatoms. The van der Waals surface area contributed by atoms with Gasteiger partial charge in [-0.1, -0.05) is 71.8 Å². The van der Waals surface area contributed by atoms with Crippen LogP contribution in [0.1, 0.15) is 22.3 Å². The van der Waals surface area contributed by atoms with Gasteiger partial charge in [-0.05, 0) is 54.1 Å². The van der Waals surface area contributed by atoms with E-state index in [4.69, 9.17) is 11.6 Å². The van der Waals surface area contributed by atoms with Gasteiger partial charge in [0.05, 0.1) is 11.4 Å². The quantitative estimate of drug-likeness (QED) is 0.297. The van der Waals surface area contributed by atoms with E-state index in [1.165, 1.54) is 4.90 Å². The molecule has 5 rings (SSSR count). The SMILES string of the molecule is Cc1ccc(CN2C(=O)S/C(=C\c3cn(Cc4ccc(Cl)cc4)c4ccccc34)C2=O)cc1. The molecule has 1 aliphatic rings. The summed E-state index contributed by atoms with van der Waals surface area (Å²) in [6, 6.07) is 23.7. The van der Waals surface area contributed by atoms with Crippen molar-refractivity contribution in [2.45, 2.75) is 20.0 Å². The fourth-order valence-electron chi connectivity index (χ4n) is 3.96. The first kappa shape index (κ1) is 21.6. The molecule has 0 aliphatic carbocycles. The van der Waals surface area contributed by atoms with E-state index in [-0.39, 0.29) is 17.7 Å². The predicted octanol–water partition coefficient (Wildman–Crippen LogP) is 6.89. The smallest absolute Gasteiger partial charge is 0.293 e. The van der Waals surface area contributed by atoms with E-state index < -0.39 is 0 Å². The van der Waals surface area contributed by atoms with E-state index in [2.05, 4.69) is 10.6 Å². The molecular formula is C27H21ClN2O2S. The number of rotatable bonds is 5. The van der Waals surface area contributed by atoms with E-state index >= 15 is 0 Å². The molecule has 164 valence electrons. The summed E-state index contributed by atoms with van der Waals surface area (Å²) in [5.74, 6) is -0.250. The van der Waals surface area contributed by atoms with Crippen LogP contribution in [-0.2, 0) is 17.9 Å². The number of halogens is 1. The largest absolute Gasteiger partial charge is 0.342 e. The van der Waals surface area contributed by atoms with Gasteiger partial charge in [-0.3, -0.25) is 14.5 Å². The Balaban J connectivity index is 1.45. The first-order chi connectivity index (χ1) is 16.0. The maximum Gasteiger partial charge on any atom is 0.293 e. The summed E-state index contributed by atoms with van der Waals surface area (Å²) in [7, 11) is 0. The van der Waals surface area contributed by atoms with Gasteiger partial charge in [-0.2, -0.15) is 0 Å². The van der Waals surface area contributed by atoms with Crippen LogP contribution in [-0.4, -0.2) is 20.6 Å². The van der Waals surface area contributed by atoms with Gasteiger partial charge in [-0.25, -0.2) is 0 Å². The molecule has 0 bridgehead atoms. The summed E-state index contributed by atoms with van der Waals surface area (Å²) < 4.78 is 2.15.